The van der Waals surface area contributed by atoms with Gasteiger partial charge in [0.25, 0.3) is 0 Å². The summed E-state index contributed by atoms with van der Waals surface area (Å²) in [6.45, 7) is 4.15. The summed E-state index contributed by atoms with van der Waals surface area (Å²) in [6.07, 6.45) is 8.06. The normalized spacial score (nSPS) is 17.9. The third-order valence-electron chi connectivity index (χ3n) is 1.53. The predicted molar refractivity (Wildman–Crippen MR) is 67.6 cm³/mol. The lowest BCUT2D eigenvalue weighted by Crippen LogP contribution is -2.02. The van der Waals surface area contributed by atoms with Crippen molar-refractivity contribution in [3.05, 3.63) is 35.1 Å². The van der Waals surface area contributed by atoms with Crippen LogP contribution in [0.2, 0.25) is 13.1 Å². The maximum atomic E-state index is 5.43. The van der Waals surface area contributed by atoms with E-state index in [-0.39, 0.29) is 0 Å². The third kappa shape index (κ3) is 4.27. The van der Waals surface area contributed by atoms with Crippen LogP contribution in [-0.4, -0.2) is 12.9 Å². The van der Waals surface area contributed by atoms with E-state index in [1.807, 2.05) is 25.5 Å². The smallest absolute Gasteiger partial charge is 0.245 e. The lowest BCUT2D eigenvalue weighted by molar-refractivity contribution is 1.54. The molecule has 0 bridgehead atoms. The Morgan fingerprint density at radius 2 is 1.71 bits per heavy atom. The van der Waals surface area contributed by atoms with Gasteiger partial charge in [-0.25, -0.2) is 0 Å². The first-order chi connectivity index (χ1) is 6.36. The highest BCUT2D eigenvalue weighted by atomic mass is 35.7. The van der Waals surface area contributed by atoms with Crippen molar-refractivity contribution in [2.75, 3.05) is 0 Å². The Morgan fingerprint density at radius 3 is 2.21 bits per heavy atom. The molecule has 0 saturated heterocycles. The molecule has 0 radical (unpaired) electrons. The van der Waals surface area contributed by atoms with Gasteiger partial charge in [-0.1, -0.05) is 0 Å². The average molecular weight is 246 g/mol. The molecule has 0 amide bonds. The second-order valence-corrected chi connectivity index (χ2v) is 12.6. The van der Waals surface area contributed by atoms with E-state index in [2.05, 4.69) is 24.1 Å². The molecule has 4 heteroatoms. The van der Waals surface area contributed by atoms with Crippen LogP contribution in [0.1, 0.15) is 6.92 Å². The molecule has 0 N–H and O–H groups in total. The maximum absolute atomic E-state index is 5.43. The highest BCUT2D eigenvalue weighted by Crippen LogP contribution is 2.24. The highest BCUT2D eigenvalue weighted by Gasteiger charge is 2.10. The second kappa shape index (κ2) is 4.47. The van der Waals surface area contributed by atoms with Gasteiger partial charge in [-0.2, -0.15) is 0 Å². The zero-order valence-corrected chi connectivity index (χ0v) is 11.0. The van der Waals surface area contributed by atoms with Crippen LogP contribution in [0.15, 0.2) is 40.1 Å². The zero-order chi connectivity index (χ0) is 10.8. The van der Waals surface area contributed by atoms with E-state index < -0.39 is 6.69 Å². The molecular weight excluding hydrogens is 233 g/mol. The summed E-state index contributed by atoms with van der Waals surface area (Å²) >= 11 is 10.9. The van der Waals surface area contributed by atoms with E-state index >= 15 is 0 Å². The van der Waals surface area contributed by atoms with Crippen molar-refractivity contribution >= 4 is 35.1 Å². The molecule has 1 nitrogen and oxygen atoms in total. The number of allylic oxidation sites excluding steroid dienone is 5. The minimum atomic E-state index is -1.67. The van der Waals surface area contributed by atoms with Crippen molar-refractivity contribution in [3.63, 3.8) is 0 Å². The molecule has 0 spiro atoms. The van der Waals surface area contributed by atoms with Crippen molar-refractivity contribution < 1.29 is 0 Å². The molecule has 0 aromatic heterocycles. The molecule has 0 saturated carbocycles. The first-order valence-electron chi connectivity index (χ1n) is 4.38. The van der Waals surface area contributed by atoms with Gasteiger partial charge in [-0.3, -0.25) is 4.99 Å². The molecule has 1 heterocycles. The van der Waals surface area contributed by atoms with Gasteiger partial charge >= 0.3 is 0 Å². The fourth-order valence-electron chi connectivity index (χ4n) is 1.12. The van der Waals surface area contributed by atoms with Crippen LogP contribution in [0.5, 0.6) is 0 Å². The van der Waals surface area contributed by atoms with E-state index in [0.29, 0.717) is 0 Å². The molecule has 14 heavy (non-hydrogen) atoms. The fraction of sp³-hybridized carbons (Fsp3) is 0.300. The maximum Gasteiger partial charge on any atom is 0.245 e. The summed E-state index contributed by atoms with van der Waals surface area (Å²) in [4.78, 5) is 4.00. The first-order valence-corrected chi connectivity index (χ1v) is 9.40. The van der Waals surface area contributed by atoms with Crippen molar-refractivity contribution in [1.82, 2.24) is 0 Å². The number of aliphatic imine (C=N–C) groups is 1. The van der Waals surface area contributed by atoms with Crippen molar-refractivity contribution in [2.24, 2.45) is 4.99 Å². The van der Waals surface area contributed by atoms with E-state index in [0.717, 1.165) is 0 Å². The van der Waals surface area contributed by atoms with Gasteiger partial charge in [0.15, 0.2) is 0 Å². The number of fused-ring (bicyclic) bond motifs is 1. The molecule has 76 valence electrons. The van der Waals surface area contributed by atoms with E-state index in [1.165, 1.54) is 16.7 Å². The second-order valence-electron chi connectivity index (χ2n) is 3.68. The number of halogens is 2. The molecule has 2 rings (SSSR count). The topological polar surface area (TPSA) is 12.4 Å². The Balaban J connectivity index is 0.000000171. The van der Waals surface area contributed by atoms with Crippen molar-refractivity contribution in [3.8, 4) is 0 Å². The SMILES string of the molecule is CC1=CC2=CN=CC2=C1.C[Si](C)(Cl)Cl. The summed E-state index contributed by atoms with van der Waals surface area (Å²) in [5.74, 6) is 0. The van der Waals surface area contributed by atoms with Crippen LogP contribution in [0.3, 0.4) is 0 Å². The number of rotatable bonds is 0. The van der Waals surface area contributed by atoms with E-state index in [4.69, 9.17) is 22.2 Å². The molecular formula is C10H13Cl2NSi. The van der Waals surface area contributed by atoms with Gasteiger partial charge in [-0.05, 0) is 37.7 Å². The van der Waals surface area contributed by atoms with Crippen LogP contribution in [0.4, 0.5) is 0 Å². The van der Waals surface area contributed by atoms with Crippen molar-refractivity contribution in [2.45, 2.75) is 20.0 Å². The molecule has 0 unspecified atom stereocenters. The predicted octanol–water partition coefficient (Wildman–Crippen LogP) is 4.01. The van der Waals surface area contributed by atoms with Gasteiger partial charge < -0.3 is 0 Å². The van der Waals surface area contributed by atoms with Crippen molar-refractivity contribution in [1.29, 1.82) is 0 Å². The monoisotopic (exact) mass is 245 g/mol. The Labute approximate surface area is 95.2 Å². The molecule has 0 atom stereocenters. The van der Waals surface area contributed by atoms with Gasteiger partial charge in [0.1, 0.15) is 0 Å². The lowest BCUT2D eigenvalue weighted by atomic mass is 10.2. The van der Waals surface area contributed by atoms with Gasteiger partial charge in [0.05, 0.1) is 0 Å². The van der Waals surface area contributed by atoms with Crippen LogP contribution < -0.4 is 0 Å². The van der Waals surface area contributed by atoms with Crippen LogP contribution in [0, 0.1) is 0 Å². The van der Waals surface area contributed by atoms with Crippen LogP contribution in [0.25, 0.3) is 0 Å². The molecule has 0 aromatic carbocycles. The van der Waals surface area contributed by atoms with Gasteiger partial charge in [-0.15, -0.1) is 22.2 Å². The summed E-state index contributed by atoms with van der Waals surface area (Å²) in [5, 5.41) is 0. The van der Waals surface area contributed by atoms with E-state index in [9.17, 15) is 0 Å². The molecule has 0 fully saturated rings. The van der Waals surface area contributed by atoms with Gasteiger partial charge in [0.2, 0.25) is 6.69 Å². The van der Waals surface area contributed by atoms with Crippen LogP contribution >= 0.6 is 22.2 Å². The highest BCUT2D eigenvalue weighted by molar-refractivity contribution is 7.44. The zero-order valence-electron chi connectivity index (χ0n) is 8.51. The van der Waals surface area contributed by atoms with E-state index in [1.54, 1.807) is 0 Å². The Hall–Kier alpha value is -0.313. The standard InChI is InChI=1S/C8H7N.C2H6Cl2Si/c1-6-2-7-4-9-5-8(7)3-6;1-5(2,3)4/h2-5H,1H3;1-2H3. The largest absolute Gasteiger partial charge is 0.263 e. The summed E-state index contributed by atoms with van der Waals surface area (Å²) in [7, 11) is 0. The molecule has 0 aromatic rings. The fourth-order valence-corrected chi connectivity index (χ4v) is 1.12. The van der Waals surface area contributed by atoms with Crippen LogP contribution in [-0.2, 0) is 0 Å². The summed E-state index contributed by atoms with van der Waals surface area (Å²) < 4.78 is 0. The summed E-state index contributed by atoms with van der Waals surface area (Å²) in [5.41, 5.74) is 3.84. The minimum Gasteiger partial charge on any atom is -0.263 e. The average Bonchev–Trinajstić information content (AvgIpc) is 2.40. The number of nitrogens with zero attached hydrogens (tertiary/aromatic N) is 1. The third-order valence-corrected chi connectivity index (χ3v) is 1.53. The minimum absolute atomic E-state index is 1.26. The molecule has 1 aliphatic carbocycles. The number of hydrogen-bond acceptors (Lipinski definition) is 1. The Kier molecular flexibility index (Phi) is 3.76. The molecule has 2 aliphatic rings. The quantitative estimate of drug-likeness (QED) is 0.452. The summed E-state index contributed by atoms with van der Waals surface area (Å²) in [6, 6.07) is 0. The van der Waals surface area contributed by atoms with Gasteiger partial charge in [0, 0.05) is 23.6 Å². The first kappa shape index (κ1) is 11.8. The lowest BCUT2D eigenvalue weighted by Gasteiger charge is -1.93. The number of hydrogen-bond donors (Lipinski definition) is 0. The molecule has 1 aliphatic heterocycles. The Bertz CT molecular complexity index is 340. The Morgan fingerprint density at radius 1 is 1.14 bits per heavy atom.